The highest BCUT2D eigenvalue weighted by molar-refractivity contribution is 5.82. The normalized spacial score (nSPS) is 28.8. The number of hydrogen-bond donors (Lipinski definition) is 2. The Bertz CT molecular complexity index is 194. The van der Waals surface area contributed by atoms with Crippen molar-refractivity contribution in [3.63, 3.8) is 0 Å². The monoisotopic (exact) mass is 198 g/mol. The zero-order valence-electron chi connectivity index (χ0n) is 9.47. The largest absolute Gasteiger partial charge is 0.354 e. The molecule has 3 atom stereocenters. The van der Waals surface area contributed by atoms with Crippen LogP contribution in [0.15, 0.2) is 0 Å². The van der Waals surface area contributed by atoms with E-state index in [0.29, 0.717) is 11.8 Å². The molecule has 0 aromatic carbocycles. The molecule has 1 saturated heterocycles. The second-order valence-electron chi connectivity index (χ2n) is 4.46. The number of carbonyl (C=O) groups is 1. The van der Waals surface area contributed by atoms with Crippen molar-refractivity contribution in [1.29, 1.82) is 0 Å². The fraction of sp³-hybridized carbons (Fsp3) is 0.909. The van der Waals surface area contributed by atoms with Crippen LogP contribution >= 0.6 is 0 Å². The lowest BCUT2D eigenvalue weighted by Crippen LogP contribution is -2.44. The maximum atomic E-state index is 11.7. The van der Waals surface area contributed by atoms with Crippen LogP contribution in [-0.4, -0.2) is 25.0 Å². The van der Waals surface area contributed by atoms with Gasteiger partial charge in [-0.1, -0.05) is 27.2 Å². The predicted molar refractivity (Wildman–Crippen MR) is 58.0 cm³/mol. The van der Waals surface area contributed by atoms with Crippen molar-refractivity contribution in [1.82, 2.24) is 10.6 Å². The molecule has 3 heteroatoms. The summed E-state index contributed by atoms with van der Waals surface area (Å²) in [6.45, 7) is 8.22. The second-order valence-corrected chi connectivity index (χ2v) is 4.46. The van der Waals surface area contributed by atoms with E-state index in [1.807, 2.05) is 0 Å². The molecule has 0 radical (unpaired) electrons. The summed E-state index contributed by atoms with van der Waals surface area (Å²) in [7, 11) is 0. The van der Waals surface area contributed by atoms with E-state index in [2.05, 4.69) is 31.4 Å². The fourth-order valence-electron chi connectivity index (χ4n) is 1.71. The van der Waals surface area contributed by atoms with Crippen LogP contribution < -0.4 is 10.6 Å². The molecule has 1 aliphatic heterocycles. The van der Waals surface area contributed by atoms with Crippen LogP contribution in [0, 0.1) is 11.8 Å². The Labute approximate surface area is 86.6 Å². The van der Waals surface area contributed by atoms with E-state index in [4.69, 9.17) is 0 Å². The van der Waals surface area contributed by atoms with Gasteiger partial charge in [-0.25, -0.2) is 0 Å². The summed E-state index contributed by atoms with van der Waals surface area (Å²) in [5, 5.41) is 6.24. The number of hydrogen-bond acceptors (Lipinski definition) is 2. The maximum absolute atomic E-state index is 11.7. The van der Waals surface area contributed by atoms with Gasteiger partial charge in [-0.3, -0.25) is 4.79 Å². The van der Waals surface area contributed by atoms with Gasteiger partial charge in [-0.2, -0.15) is 0 Å². The van der Waals surface area contributed by atoms with Crippen LogP contribution in [0.25, 0.3) is 0 Å². The lowest BCUT2D eigenvalue weighted by molar-refractivity contribution is -0.123. The van der Waals surface area contributed by atoms with E-state index in [9.17, 15) is 4.79 Å². The van der Waals surface area contributed by atoms with Gasteiger partial charge in [0, 0.05) is 6.54 Å². The predicted octanol–water partition coefficient (Wildman–Crippen LogP) is 1.15. The lowest BCUT2D eigenvalue weighted by Gasteiger charge is -2.17. The molecular formula is C11H22N2O. The van der Waals surface area contributed by atoms with Gasteiger partial charge < -0.3 is 10.6 Å². The van der Waals surface area contributed by atoms with Crippen molar-refractivity contribution in [2.45, 2.75) is 39.7 Å². The first-order valence-electron chi connectivity index (χ1n) is 5.66. The molecule has 1 fully saturated rings. The molecule has 0 aromatic heterocycles. The summed E-state index contributed by atoms with van der Waals surface area (Å²) in [5.41, 5.74) is 0. The Morgan fingerprint density at radius 1 is 1.64 bits per heavy atom. The second kappa shape index (κ2) is 5.35. The third kappa shape index (κ3) is 2.98. The molecule has 1 aliphatic rings. The Hall–Kier alpha value is -0.570. The maximum Gasteiger partial charge on any atom is 0.237 e. The zero-order chi connectivity index (χ0) is 10.6. The number of carbonyl (C=O) groups excluding carboxylic acids is 1. The summed E-state index contributed by atoms with van der Waals surface area (Å²) in [4.78, 5) is 11.7. The first kappa shape index (κ1) is 11.5. The van der Waals surface area contributed by atoms with E-state index < -0.39 is 0 Å². The topological polar surface area (TPSA) is 41.1 Å². The molecular weight excluding hydrogens is 176 g/mol. The average molecular weight is 198 g/mol. The van der Waals surface area contributed by atoms with E-state index >= 15 is 0 Å². The van der Waals surface area contributed by atoms with Crippen LogP contribution in [0.1, 0.15) is 33.6 Å². The number of rotatable bonds is 4. The van der Waals surface area contributed by atoms with Gasteiger partial charge in [-0.05, 0) is 24.8 Å². The average Bonchev–Trinajstić information content (AvgIpc) is 2.60. The molecule has 3 nitrogen and oxygen atoms in total. The fourth-order valence-corrected chi connectivity index (χ4v) is 1.71. The minimum atomic E-state index is 0.0408. The van der Waals surface area contributed by atoms with Crippen LogP contribution in [0.2, 0.25) is 0 Å². The molecule has 14 heavy (non-hydrogen) atoms. The smallest absolute Gasteiger partial charge is 0.237 e. The Morgan fingerprint density at radius 2 is 2.36 bits per heavy atom. The van der Waals surface area contributed by atoms with Gasteiger partial charge in [0.15, 0.2) is 0 Å². The minimum Gasteiger partial charge on any atom is -0.354 e. The van der Waals surface area contributed by atoms with Gasteiger partial charge in [0.1, 0.15) is 0 Å². The highest BCUT2D eigenvalue weighted by Crippen LogP contribution is 2.14. The van der Waals surface area contributed by atoms with E-state index in [0.717, 1.165) is 25.9 Å². The SMILES string of the molecule is CCC(C)CNC(=O)C1NCCC1C. The molecule has 2 N–H and O–H groups in total. The molecule has 3 unspecified atom stereocenters. The zero-order valence-corrected chi connectivity index (χ0v) is 9.47. The molecule has 1 rings (SSSR count). The molecule has 0 aliphatic carbocycles. The van der Waals surface area contributed by atoms with Gasteiger partial charge in [0.2, 0.25) is 5.91 Å². The molecule has 1 heterocycles. The summed E-state index contributed by atoms with van der Waals surface area (Å²) in [6, 6.07) is 0.0408. The summed E-state index contributed by atoms with van der Waals surface area (Å²) in [6.07, 6.45) is 2.23. The summed E-state index contributed by atoms with van der Waals surface area (Å²) in [5.74, 6) is 1.23. The number of amides is 1. The summed E-state index contributed by atoms with van der Waals surface area (Å²) >= 11 is 0. The molecule has 0 aromatic rings. The van der Waals surface area contributed by atoms with Crippen molar-refractivity contribution < 1.29 is 4.79 Å². The van der Waals surface area contributed by atoms with Crippen LogP contribution in [-0.2, 0) is 4.79 Å². The third-order valence-electron chi connectivity index (χ3n) is 3.14. The molecule has 0 spiro atoms. The van der Waals surface area contributed by atoms with Crippen molar-refractivity contribution in [3.8, 4) is 0 Å². The lowest BCUT2D eigenvalue weighted by atomic mass is 10.0. The minimum absolute atomic E-state index is 0.0408. The molecule has 1 amide bonds. The summed E-state index contributed by atoms with van der Waals surface area (Å²) < 4.78 is 0. The molecule has 82 valence electrons. The van der Waals surface area contributed by atoms with Gasteiger partial charge in [-0.15, -0.1) is 0 Å². The van der Waals surface area contributed by atoms with Crippen molar-refractivity contribution in [3.05, 3.63) is 0 Å². The highest BCUT2D eigenvalue weighted by Gasteiger charge is 2.28. The number of nitrogens with one attached hydrogen (secondary N) is 2. The van der Waals surface area contributed by atoms with Gasteiger partial charge in [0.25, 0.3) is 0 Å². The third-order valence-corrected chi connectivity index (χ3v) is 3.14. The van der Waals surface area contributed by atoms with E-state index in [-0.39, 0.29) is 11.9 Å². The van der Waals surface area contributed by atoms with Crippen LogP contribution in [0.5, 0.6) is 0 Å². The molecule has 0 saturated carbocycles. The molecule has 0 bridgehead atoms. The van der Waals surface area contributed by atoms with Crippen molar-refractivity contribution in [2.75, 3.05) is 13.1 Å². The van der Waals surface area contributed by atoms with Gasteiger partial charge >= 0.3 is 0 Å². The quantitative estimate of drug-likeness (QED) is 0.711. The Balaban J connectivity index is 2.27. The Morgan fingerprint density at radius 3 is 2.86 bits per heavy atom. The first-order valence-corrected chi connectivity index (χ1v) is 5.66. The van der Waals surface area contributed by atoms with E-state index in [1.165, 1.54) is 0 Å². The van der Waals surface area contributed by atoms with Crippen LogP contribution in [0.4, 0.5) is 0 Å². The van der Waals surface area contributed by atoms with Crippen molar-refractivity contribution in [2.24, 2.45) is 11.8 Å². The highest BCUT2D eigenvalue weighted by atomic mass is 16.2. The van der Waals surface area contributed by atoms with Gasteiger partial charge in [0.05, 0.1) is 6.04 Å². The standard InChI is InChI=1S/C11H22N2O/c1-4-8(2)7-13-11(14)10-9(3)5-6-12-10/h8-10,12H,4-7H2,1-3H3,(H,13,14). The van der Waals surface area contributed by atoms with Crippen molar-refractivity contribution >= 4 is 5.91 Å². The first-order chi connectivity index (χ1) is 6.65. The Kier molecular flexibility index (Phi) is 4.39. The van der Waals surface area contributed by atoms with E-state index in [1.54, 1.807) is 0 Å². The van der Waals surface area contributed by atoms with Crippen LogP contribution in [0.3, 0.4) is 0 Å².